The Hall–Kier alpha value is -3.87. The highest BCUT2D eigenvalue weighted by molar-refractivity contribution is 6.14. The Morgan fingerprint density at radius 2 is 1.58 bits per heavy atom. The zero-order valence-electron chi connectivity index (χ0n) is 16.6. The van der Waals surface area contributed by atoms with Gasteiger partial charge in [-0.3, -0.25) is 9.36 Å². The van der Waals surface area contributed by atoms with E-state index in [1.807, 2.05) is 19.1 Å². The monoisotopic (exact) mass is 420 g/mol. The molecule has 0 radical (unpaired) electrons. The Morgan fingerprint density at radius 3 is 2.29 bits per heavy atom. The van der Waals surface area contributed by atoms with Crippen molar-refractivity contribution in [3.8, 4) is 0 Å². The van der Waals surface area contributed by atoms with E-state index in [1.165, 1.54) is 18.2 Å². The summed E-state index contributed by atoms with van der Waals surface area (Å²) in [5.74, 6) is -1.19. The molecule has 0 N–H and O–H groups in total. The summed E-state index contributed by atoms with van der Waals surface area (Å²) in [6.45, 7) is -1.38. The molecule has 156 valence electrons. The van der Waals surface area contributed by atoms with Crippen LogP contribution in [-0.4, -0.2) is 21.3 Å². The molecule has 7 heteroatoms. The van der Waals surface area contributed by atoms with E-state index in [4.69, 9.17) is 4.74 Å². The number of aromatic nitrogens is 2. The maximum Gasteiger partial charge on any atom is 0.339 e. The molecule has 0 aliphatic carbocycles. The van der Waals surface area contributed by atoms with Crippen LogP contribution in [0.25, 0.3) is 11.0 Å². The third kappa shape index (κ3) is 4.07. The molecule has 0 spiro atoms. The molecular formula is C24H18F2N2O3. The fraction of sp³-hybridized carbons (Fsp3) is 0.125. The van der Waals surface area contributed by atoms with E-state index in [9.17, 15) is 18.4 Å². The number of hydrogen-bond acceptors (Lipinski definition) is 4. The van der Waals surface area contributed by atoms with Crippen molar-refractivity contribution in [3.63, 3.8) is 0 Å². The third-order valence-electron chi connectivity index (χ3n) is 4.90. The zero-order valence-corrected chi connectivity index (χ0v) is 16.6. The van der Waals surface area contributed by atoms with Gasteiger partial charge in [-0.05, 0) is 25.1 Å². The molecule has 5 nitrogen and oxygen atoms in total. The van der Waals surface area contributed by atoms with Crippen LogP contribution in [0.15, 0.2) is 72.8 Å². The van der Waals surface area contributed by atoms with E-state index < -0.39 is 19.1 Å². The van der Waals surface area contributed by atoms with Crippen molar-refractivity contribution in [2.45, 2.75) is 20.1 Å². The maximum absolute atomic E-state index is 13.6. The second kappa shape index (κ2) is 8.47. The van der Waals surface area contributed by atoms with Crippen molar-refractivity contribution in [1.29, 1.82) is 0 Å². The average Bonchev–Trinajstić information content (AvgIpc) is 3.16. The van der Waals surface area contributed by atoms with Crippen LogP contribution in [0.2, 0.25) is 0 Å². The summed E-state index contributed by atoms with van der Waals surface area (Å²) in [5.41, 5.74) is 2.31. The van der Waals surface area contributed by atoms with Gasteiger partial charge in [-0.2, -0.15) is 8.78 Å². The molecule has 0 amide bonds. The number of benzene rings is 3. The minimum Gasteiger partial charge on any atom is -0.454 e. The summed E-state index contributed by atoms with van der Waals surface area (Å²) in [5, 5.41) is 0. The van der Waals surface area contributed by atoms with Crippen LogP contribution < -0.4 is 0 Å². The van der Waals surface area contributed by atoms with Gasteiger partial charge in [0.1, 0.15) is 6.61 Å². The molecule has 4 rings (SSSR count). The Balaban J connectivity index is 1.59. The number of hydrogen-bond donors (Lipinski definition) is 0. The first kappa shape index (κ1) is 20.4. The highest BCUT2D eigenvalue weighted by Gasteiger charge is 2.22. The third-order valence-corrected chi connectivity index (χ3v) is 4.90. The standard InChI is InChI=1S/C24H18F2N2O3/c1-15-10-12-16(13-11-15)22(29)17-6-2-3-7-18(17)23(30)31-14-21-27-19-8-4-5-9-20(19)28(21)24(25)26/h2-13,24H,14H2,1H3. The van der Waals surface area contributed by atoms with Gasteiger partial charge in [0.15, 0.2) is 11.6 Å². The lowest BCUT2D eigenvalue weighted by atomic mass is 9.98. The number of alkyl halides is 2. The fourth-order valence-corrected chi connectivity index (χ4v) is 3.34. The van der Waals surface area contributed by atoms with Gasteiger partial charge in [0, 0.05) is 11.1 Å². The number of carbonyl (C=O) groups is 2. The largest absolute Gasteiger partial charge is 0.454 e. The molecular weight excluding hydrogens is 402 g/mol. The van der Waals surface area contributed by atoms with Gasteiger partial charge in [-0.25, -0.2) is 9.78 Å². The highest BCUT2D eigenvalue weighted by Crippen LogP contribution is 2.24. The molecule has 1 aromatic heterocycles. The van der Waals surface area contributed by atoms with E-state index in [0.717, 1.165) is 10.1 Å². The predicted molar refractivity (Wildman–Crippen MR) is 111 cm³/mol. The average molecular weight is 420 g/mol. The SMILES string of the molecule is Cc1ccc(C(=O)c2ccccc2C(=O)OCc2nc3ccccc3n2C(F)F)cc1. The smallest absolute Gasteiger partial charge is 0.339 e. The first-order valence-electron chi connectivity index (χ1n) is 9.57. The number of para-hydroxylation sites is 2. The number of esters is 1. The first-order chi connectivity index (χ1) is 15.0. The normalized spacial score (nSPS) is 11.1. The van der Waals surface area contributed by atoms with E-state index >= 15 is 0 Å². The van der Waals surface area contributed by atoms with E-state index in [-0.39, 0.29) is 28.3 Å². The molecule has 0 fully saturated rings. The van der Waals surface area contributed by atoms with E-state index in [2.05, 4.69) is 4.98 Å². The zero-order chi connectivity index (χ0) is 22.0. The number of imidazole rings is 1. The van der Waals surface area contributed by atoms with Crippen LogP contribution in [-0.2, 0) is 11.3 Å². The maximum atomic E-state index is 13.6. The number of ketones is 1. The molecule has 0 saturated heterocycles. The summed E-state index contributed by atoms with van der Waals surface area (Å²) in [6.07, 6.45) is 0. The van der Waals surface area contributed by atoms with Gasteiger partial charge >= 0.3 is 12.5 Å². The summed E-state index contributed by atoms with van der Waals surface area (Å²) in [4.78, 5) is 29.8. The quantitative estimate of drug-likeness (QED) is 0.313. The van der Waals surface area contributed by atoms with Crippen molar-refractivity contribution in [2.24, 2.45) is 0 Å². The van der Waals surface area contributed by atoms with Gasteiger partial charge in [-0.1, -0.05) is 60.2 Å². The van der Waals surface area contributed by atoms with Gasteiger partial charge in [0.2, 0.25) is 0 Å². The Bertz CT molecular complexity index is 1260. The van der Waals surface area contributed by atoms with Crippen molar-refractivity contribution >= 4 is 22.8 Å². The molecule has 31 heavy (non-hydrogen) atoms. The topological polar surface area (TPSA) is 61.2 Å². The van der Waals surface area contributed by atoms with Crippen molar-refractivity contribution in [1.82, 2.24) is 9.55 Å². The van der Waals surface area contributed by atoms with E-state index in [1.54, 1.807) is 42.5 Å². The summed E-state index contributed by atoms with van der Waals surface area (Å²) in [6, 6.07) is 19.7. The number of nitrogens with zero attached hydrogens (tertiary/aromatic N) is 2. The van der Waals surface area contributed by atoms with E-state index in [0.29, 0.717) is 11.1 Å². The van der Waals surface area contributed by atoms with Gasteiger partial charge in [-0.15, -0.1) is 0 Å². The molecule has 0 aliphatic heterocycles. The Labute approximate surface area is 176 Å². The molecule has 0 saturated carbocycles. The van der Waals surface area contributed by atoms with Crippen LogP contribution in [0, 0.1) is 6.92 Å². The molecule has 1 heterocycles. The van der Waals surface area contributed by atoms with Gasteiger partial charge in [0.05, 0.1) is 16.6 Å². The predicted octanol–water partition coefficient (Wildman–Crippen LogP) is 5.33. The van der Waals surface area contributed by atoms with Crippen LogP contribution in [0.4, 0.5) is 8.78 Å². The second-order valence-corrected chi connectivity index (χ2v) is 6.98. The second-order valence-electron chi connectivity index (χ2n) is 6.98. The lowest BCUT2D eigenvalue weighted by molar-refractivity contribution is 0.0386. The number of aryl methyl sites for hydroxylation is 1. The lowest BCUT2D eigenvalue weighted by Gasteiger charge is -2.11. The highest BCUT2D eigenvalue weighted by atomic mass is 19.3. The molecule has 0 atom stereocenters. The Kier molecular flexibility index (Phi) is 5.58. The number of fused-ring (bicyclic) bond motifs is 1. The number of carbonyl (C=O) groups excluding carboxylic acids is 2. The molecule has 3 aromatic carbocycles. The lowest BCUT2D eigenvalue weighted by Crippen LogP contribution is -2.14. The molecule has 0 aliphatic rings. The number of halogens is 2. The van der Waals surface area contributed by atoms with Gasteiger partial charge < -0.3 is 4.74 Å². The van der Waals surface area contributed by atoms with Crippen molar-refractivity contribution < 1.29 is 23.1 Å². The first-order valence-corrected chi connectivity index (χ1v) is 9.57. The molecule has 0 bridgehead atoms. The minimum atomic E-state index is -2.84. The van der Waals surface area contributed by atoms with Crippen molar-refractivity contribution in [2.75, 3.05) is 0 Å². The Morgan fingerprint density at radius 1 is 0.935 bits per heavy atom. The molecule has 0 unspecified atom stereocenters. The number of ether oxygens (including phenoxy) is 1. The molecule has 4 aromatic rings. The summed E-state index contributed by atoms with van der Waals surface area (Å²) < 4.78 is 33.1. The van der Waals surface area contributed by atoms with Crippen LogP contribution in [0.1, 0.15) is 44.2 Å². The van der Waals surface area contributed by atoms with Crippen molar-refractivity contribution in [3.05, 3.63) is 101 Å². The number of rotatable bonds is 6. The van der Waals surface area contributed by atoms with Crippen LogP contribution in [0.3, 0.4) is 0 Å². The van der Waals surface area contributed by atoms with Crippen LogP contribution >= 0.6 is 0 Å². The fourth-order valence-electron chi connectivity index (χ4n) is 3.34. The van der Waals surface area contributed by atoms with Gasteiger partial charge in [0.25, 0.3) is 0 Å². The van der Waals surface area contributed by atoms with Crippen LogP contribution in [0.5, 0.6) is 0 Å². The summed E-state index contributed by atoms with van der Waals surface area (Å²) >= 11 is 0. The minimum absolute atomic E-state index is 0.0628. The summed E-state index contributed by atoms with van der Waals surface area (Å²) in [7, 11) is 0.